The molecule has 0 N–H and O–H groups in total. The number of hydrogen-bond acceptors (Lipinski definition) is 2. The molecule has 0 bridgehead atoms. The van der Waals surface area contributed by atoms with Gasteiger partial charge in [0, 0.05) is 37.2 Å². The molecule has 0 spiro atoms. The SMILES string of the molecule is c1ccc(N(c2ccccc2)c2ccc(-c3cc4c5c(cccc5c3)C3=C4c4cc(-c5ccc6c(c5)sc5ccccc56)ccc4C3)cc2)cc1. The summed E-state index contributed by atoms with van der Waals surface area (Å²) in [6.45, 7) is 0. The van der Waals surface area contributed by atoms with E-state index in [1.165, 1.54) is 86.6 Å². The number of thiophene rings is 1. The molecule has 0 atom stereocenters. The predicted molar refractivity (Wildman–Crippen MR) is 218 cm³/mol. The molecule has 11 rings (SSSR count). The number of benzene rings is 8. The van der Waals surface area contributed by atoms with Crippen molar-refractivity contribution < 1.29 is 0 Å². The molecule has 1 aromatic heterocycles. The molecule has 0 fully saturated rings. The van der Waals surface area contributed by atoms with Crippen molar-refractivity contribution >= 4 is 70.5 Å². The molecule has 1 nitrogen and oxygen atoms in total. The van der Waals surface area contributed by atoms with E-state index in [4.69, 9.17) is 0 Å². The van der Waals surface area contributed by atoms with Gasteiger partial charge in [-0.2, -0.15) is 0 Å². The number of nitrogens with zero attached hydrogens (tertiary/aromatic N) is 1. The van der Waals surface area contributed by atoms with Crippen LogP contribution in [0.1, 0.15) is 22.3 Å². The maximum Gasteiger partial charge on any atom is 0.0462 e. The van der Waals surface area contributed by atoms with Gasteiger partial charge in [0.1, 0.15) is 0 Å². The lowest BCUT2D eigenvalue weighted by molar-refractivity contribution is 1.28. The molecule has 2 aliphatic carbocycles. The third-order valence-electron chi connectivity index (χ3n) is 10.8. The molecule has 2 aliphatic rings. The van der Waals surface area contributed by atoms with Crippen LogP contribution < -0.4 is 4.90 Å². The topological polar surface area (TPSA) is 3.24 Å². The molecule has 1 heterocycles. The number of para-hydroxylation sites is 2. The van der Waals surface area contributed by atoms with E-state index in [0.29, 0.717) is 0 Å². The summed E-state index contributed by atoms with van der Waals surface area (Å²) in [4.78, 5) is 2.32. The van der Waals surface area contributed by atoms with Gasteiger partial charge in [0.2, 0.25) is 0 Å². The molecule has 0 saturated heterocycles. The Balaban J connectivity index is 0.995. The van der Waals surface area contributed by atoms with E-state index in [9.17, 15) is 0 Å². The van der Waals surface area contributed by atoms with Crippen molar-refractivity contribution in [2.45, 2.75) is 6.42 Å². The van der Waals surface area contributed by atoms with Crippen molar-refractivity contribution in [2.75, 3.05) is 4.90 Å². The van der Waals surface area contributed by atoms with Crippen LogP contribution >= 0.6 is 11.3 Å². The lowest BCUT2D eigenvalue weighted by Crippen LogP contribution is -2.09. The Morgan fingerprint density at radius 2 is 1.06 bits per heavy atom. The Kier molecular flexibility index (Phi) is 6.25. The molecule has 2 heteroatoms. The first-order valence-corrected chi connectivity index (χ1v) is 18.4. The van der Waals surface area contributed by atoms with E-state index in [1.54, 1.807) is 0 Å². The highest BCUT2D eigenvalue weighted by molar-refractivity contribution is 7.25. The first-order chi connectivity index (χ1) is 25.3. The number of anilines is 3. The van der Waals surface area contributed by atoms with Gasteiger partial charge < -0.3 is 4.90 Å². The zero-order chi connectivity index (χ0) is 33.5. The van der Waals surface area contributed by atoms with Crippen molar-refractivity contribution in [3.8, 4) is 22.3 Å². The zero-order valence-corrected chi connectivity index (χ0v) is 28.6. The van der Waals surface area contributed by atoms with E-state index in [2.05, 4.69) is 181 Å². The summed E-state index contributed by atoms with van der Waals surface area (Å²) in [7, 11) is 0. The van der Waals surface area contributed by atoms with Crippen LogP contribution in [0.4, 0.5) is 17.1 Å². The lowest BCUT2D eigenvalue weighted by Gasteiger charge is -2.25. The molecular weight excluding hydrogens is 635 g/mol. The van der Waals surface area contributed by atoms with Gasteiger partial charge in [-0.1, -0.05) is 109 Å². The minimum atomic E-state index is 0.979. The zero-order valence-electron chi connectivity index (χ0n) is 27.8. The van der Waals surface area contributed by atoms with Crippen LogP contribution in [-0.4, -0.2) is 0 Å². The fourth-order valence-electron chi connectivity index (χ4n) is 8.47. The van der Waals surface area contributed by atoms with Gasteiger partial charge in [-0.3, -0.25) is 0 Å². The van der Waals surface area contributed by atoms with Crippen LogP contribution in [0.3, 0.4) is 0 Å². The summed E-state index contributed by atoms with van der Waals surface area (Å²) >= 11 is 1.89. The summed E-state index contributed by atoms with van der Waals surface area (Å²) in [5.41, 5.74) is 16.9. The Morgan fingerprint density at radius 1 is 0.412 bits per heavy atom. The third kappa shape index (κ3) is 4.47. The van der Waals surface area contributed by atoms with Crippen LogP contribution in [0.2, 0.25) is 0 Å². The van der Waals surface area contributed by atoms with Crippen LogP contribution in [-0.2, 0) is 6.42 Å². The van der Waals surface area contributed by atoms with Gasteiger partial charge in [-0.05, 0) is 140 Å². The van der Waals surface area contributed by atoms with Crippen LogP contribution in [0.5, 0.6) is 0 Å². The lowest BCUT2D eigenvalue weighted by atomic mass is 9.90. The minimum absolute atomic E-state index is 0.979. The second-order valence-electron chi connectivity index (χ2n) is 13.7. The highest BCUT2D eigenvalue weighted by Gasteiger charge is 2.32. The number of rotatable bonds is 5. The minimum Gasteiger partial charge on any atom is -0.311 e. The summed E-state index contributed by atoms with van der Waals surface area (Å²) in [5.74, 6) is 0. The van der Waals surface area contributed by atoms with Crippen LogP contribution in [0, 0.1) is 0 Å². The average molecular weight is 666 g/mol. The van der Waals surface area contributed by atoms with E-state index in [-0.39, 0.29) is 0 Å². The Morgan fingerprint density at radius 3 is 1.86 bits per heavy atom. The van der Waals surface area contributed by atoms with Gasteiger partial charge in [0.25, 0.3) is 0 Å². The van der Waals surface area contributed by atoms with E-state index >= 15 is 0 Å². The molecule has 0 radical (unpaired) electrons. The molecule has 0 amide bonds. The predicted octanol–water partition coefficient (Wildman–Crippen LogP) is 13.8. The van der Waals surface area contributed by atoms with Crippen LogP contribution in [0.25, 0.3) is 64.3 Å². The molecule has 0 saturated carbocycles. The molecule has 0 aliphatic heterocycles. The summed E-state index contributed by atoms with van der Waals surface area (Å²) in [6.07, 6.45) is 0.979. The van der Waals surface area contributed by atoms with Crippen molar-refractivity contribution in [3.63, 3.8) is 0 Å². The van der Waals surface area contributed by atoms with Crippen LogP contribution in [0.15, 0.2) is 176 Å². The van der Waals surface area contributed by atoms with Crippen molar-refractivity contribution in [2.24, 2.45) is 0 Å². The fourth-order valence-corrected chi connectivity index (χ4v) is 9.62. The van der Waals surface area contributed by atoms with Gasteiger partial charge >= 0.3 is 0 Å². The normalized spacial score (nSPS) is 12.9. The van der Waals surface area contributed by atoms with Crippen molar-refractivity contribution in [3.05, 3.63) is 198 Å². The Bertz CT molecular complexity index is 2820. The highest BCUT2D eigenvalue weighted by atomic mass is 32.1. The maximum atomic E-state index is 2.45. The Hall–Kier alpha value is -6.22. The highest BCUT2D eigenvalue weighted by Crippen LogP contribution is 2.53. The van der Waals surface area contributed by atoms with E-state index in [0.717, 1.165) is 23.5 Å². The molecule has 0 unspecified atom stereocenters. The van der Waals surface area contributed by atoms with E-state index in [1.807, 2.05) is 11.3 Å². The number of hydrogen-bond donors (Lipinski definition) is 0. The van der Waals surface area contributed by atoms with Gasteiger partial charge in [0.15, 0.2) is 0 Å². The standard InChI is InChI=1S/C49H31NS/c1-3-11-37(12-4-1)50(38-13-5-2-6-14-38)39-23-20-31(21-24-39)36-26-35-10-9-16-42-44-28-34-19-18-32(27-43(34)49(44)45(29-36)48(35)42)33-22-25-41-40-15-7-8-17-46(40)51-47(41)30-33/h1-27,29-30H,28H2. The first-order valence-electron chi connectivity index (χ1n) is 17.6. The summed E-state index contributed by atoms with van der Waals surface area (Å²) < 4.78 is 2.69. The van der Waals surface area contributed by atoms with E-state index < -0.39 is 0 Å². The molecule has 51 heavy (non-hydrogen) atoms. The summed E-state index contributed by atoms with van der Waals surface area (Å²) in [5, 5.41) is 5.39. The molecule has 8 aromatic carbocycles. The van der Waals surface area contributed by atoms with Crippen molar-refractivity contribution in [1.29, 1.82) is 0 Å². The average Bonchev–Trinajstić information content (AvgIpc) is 3.85. The number of allylic oxidation sites excluding steroid dienone is 1. The fraction of sp³-hybridized carbons (Fsp3) is 0.0204. The molecule has 9 aromatic rings. The largest absolute Gasteiger partial charge is 0.311 e. The third-order valence-corrected chi connectivity index (χ3v) is 12.0. The Labute approximate surface area is 301 Å². The van der Waals surface area contributed by atoms with Crippen molar-refractivity contribution in [1.82, 2.24) is 0 Å². The smallest absolute Gasteiger partial charge is 0.0462 e. The molecular formula is C49H31NS. The van der Waals surface area contributed by atoms with Gasteiger partial charge in [0.05, 0.1) is 0 Å². The summed E-state index contributed by atoms with van der Waals surface area (Å²) in [6, 6.07) is 64.8. The second kappa shape index (κ2) is 11.1. The maximum absolute atomic E-state index is 2.45. The first kappa shape index (κ1) is 28.6. The number of fused-ring (bicyclic) bond motifs is 7. The van der Waals surface area contributed by atoms with Gasteiger partial charge in [-0.15, -0.1) is 11.3 Å². The molecule has 238 valence electrons. The monoisotopic (exact) mass is 665 g/mol. The second-order valence-corrected chi connectivity index (χ2v) is 14.8. The quantitative estimate of drug-likeness (QED) is 0.177. The van der Waals surface area contributed by atoms with Gasteiger partial charge in [-0.25, -0.2) is 0 Å².